The predicted octanol–water partition coefficient (Wildman–Crippen LogP) is 1.99. The van der Waals surface area contributed by atoms with E-state index in [0.29, 0.717) is 6.04 Å². The van der Waals surface area contributed by atoms with Gasteiger partial charge in [-0.05, 0) is 18.1 Å². The normalized spacial score (nSPS) is 12.7. The van der Waals surface area contributed by atoms with Gasteiger partial charge in [0.25, 0.3) is 0 Å². The summed E-state index contributed by atoms with van der Waals surface area (Å²) in [6.07, 6.45) is 6.01. The summed E-state index contributed by atoms with van der Waals surface area (Å²) in [5, 5.41) is 3.47. The van der Waals surface area contributed by atoms with Crippen molar-refractivity contribution in [2.24, 2.45) is 0 Å². The first kappa shape index (κ1) is 12.1. The van der Waals surface area contributed by atoms with Crippen molar-refractivity contribution < 1.29 is 4.74 Å². The van der Waals surface area contributed by atoms with Gasteiger partial charge in [0.15, 0.2) is 0 Å². The van der Waals surface area contributed by atoms with E-state index in [1.54, 1.807) is 13.3 Å². The van der Waals surface area contributed by atoms with E-state index in [1.165, 1.54) is 12.0 Å². The van der Waals surface area contributed by atoms with Crippen LogP contribution in [0.25, 0.3) is 0 Å². The summed E-state index contributed by atoms with van der Waals surface area (Å²) in [7, 11) is 1.74. The number of ether oxygens (including phenoxy) is 1. The second-order valence-electron chi connectivity index (χ2n) is 3.68. The smallest absolute Gasteiger partial charge is 0.0615 e. The van der Waals surface area contributed by atoms with Crippen LogP contribution in [0.4, 0.5) is 0 Å². The average molecular weight is 208 g/mol. The van der Waals surface area contributed by atoms with Gasteiger partial charge in [-0.3, -0.25) is 4.98 Å². The highest BCUT2D eigenvalue weighted by molar-refractivity contribution is 5.07. The minimum absolute atomic E-state index is 0.445. The summed E-state index contributed by atoms with van der Waals surface area (Å²) in [5.41, 5.74) is 1.22. The molecule has 1 aromatic heterocycles. The van der Waals surface area contributed by atoms with Crippen LogP contribution in [0, 0.1) is 0 Å². The van der Waals surface area contributed by atoms with Gasteiger partial charge in [-0.25, -0.2) is 0 Å². The SMILES string of the molecule is CCCC(COC)NCc1cccnc1. The third-order valence-corrected chi connectivity index (χ3v) is 2.32. The van der Waals surface area contributed by atoms with Crippen molar-refractivity contribution in [2.75, 3.05) is 13.7 Å². The molecule has 0 aromatic carbocycles. The van der Waals surface area contributed by atoms with E-state index < -0.39 is 0 Å². The Hall–Kier alpha value is -0.930. The number of nitrogens with one attached hydrogen (secondary N) is 1. The van der Waals surface area contributed by atoms with Crippen molar-refractivity contribution in [1.82, 2.24) is 10.3 Å². The minimum atomic E-state index is 0.445. The molecule has 3 nitrogen and oxygen atoms in total. The van der Waals surface area contributed by atoms with Gasteiger partial charge in [-0.2, -0.15) is 0 Å². The zero-order valence-electron chi connectivity index (χ0n) is 9.57. The van der Waals surface area contributed by atoms with Gasteiger partial charge in [0.2, 0.25) is 0 Å². The van der Waals surface area contributed by atoms with Crippen LogP contribution < -0.4 is 5.32 Å². The molecule has 0 bridgehead atoms. The average Bonchev–Trinajstić information content (AvgIpc) is 2.28. The highest BCUT2D eigenvalue weighted by Gasteiger charge is 2.05. The molecule has 0 aliphatic carbocycles. The highest BCUT2D eigenvalue weighted by Crippen LogP contribution is 2.00. The van der Waals surface area contributed by atoms with Crippen LogP contribution in [-0.2, 0) is 11.3 Å². The van der Waals surface area contributed by atoms with Gasteiger partial charge in [0.1, 0.15) is 0 Å². The van der Waals surface area contributed by atoms with Crippen molar-refractivity contribution in [3.05, 3.63) is 30.1 Å². The Bertz CT molecular complexity index is 245. The molecule has 1 N–H and O–H groups in total. The number of methoxy groups -OCH3 is 1. The summed E-state index contributed by atoms with van der Waals surface area (Å²) in [6.45, 7) is 3.82. The molecule has 0 aliphatic rings. The van der Waals surface area contributed by atoms with E-state index in [1.807, 2.05) is 12.3 Å². The highest BCUT2D eigenvalue weighted by atomic mass is 16.5. The molecule has 0 saturated heterocycles. The van der Waals surface area contributed by atoms with Crippen LogP contribution in [0.1, 0.15) is 25.3 Å². The van der Waals surface area contributed by atoms with Crippen molar-refractivity contribution in [1.29, 1.82) is 0 Å². The molecule has 1 aromatic rings. The van der Waals surface area contributed by atoms with Crippen LogP contribution in [-0.4, -0.2) is 24.7 Å². The van der Waals surface area contributed by atoms with E-state index in [9.17, 15) is 0 Å². The van der Waals surface area contributed by atoms with Crippen LogP contribution in [0.2, 0.25) is 0 Å². The van der Waals surface area contributed by atoms with Gasteiger partial charge < -0.3 is 10.1 Å². The third-order valence-electron chi connectivity index (χ3n) is 2.32. The lowest BCUT2D eigenvalue weighted by atomic mass is 10.1. The number of nitrogens with zero attached hydrogens (tertiary/aromatic N) is 1. The Morgan fingerprint density at radius 1 is 1.53 bits per heavy atom. The monoisotopic (exact) mass is 208 g/mol. The second-order valence-corrected chi connectivity index (χ2v) is 3.68. The van der Waals surface area contributed by atoms with E-state index in [-0.39, 0.29) is 0 Å². The van der Waals surface area contributed by atoms with E-state index >= 15 is 0 Å². The summed E-state index contributed by atoms with van der Waals surface area (Å²) < 4.78 is 5.17. The molecule has 0 fully saturated rings. The van der Waals surface area contributed by atoms with Crippen LogP contribution >= 0.6 is 0 Å². The molecule has 3 heteroatoms. The standard InChI is InChI=1S/C12H20N2O/c1-3-5-12(10-15-2)14-9-11-6-4-7-13-8-11/h4,6-8,12,14H,3,5,9-10H2,1-2H3. The van der Waals surface area contributed by atoms with Gasteiger partial charge >= 0.3 is 0 Å². The maximum Gasteiger partial charge on any atom is 0.0615 e. The Labute approximate surface area is 91.9 Å². The summed E-state index contributed by atoms with van der Waals surface area (Å²) in [5.74, 6) is 0. The molecule has 0 spiro atoms. The molecule has 1 heterocycles. The Balaban J connectivity index is 2.33. The van der Waals surface area contributed by atoms with Crippen molar-refractivity contribution >= 4 is 0 Å². The number of hydrogen-bond acceptors (Lipinski definition) is 3. The fourth-order valence-corrected chi connectivity index (χ4v) is 1.56. The van der Waals surface area contributed by atoms with Crippen molar-refractivity contribution in [3.63, 3.8) is 0 Å². The predicted molar refractivity (Wildman–Crippen MR) is 61.6 cm³/mol. The topological polar surface area (TPSA) is 34.1 Å². The molecule has 84 valence electrons. The summed E-state index contributed by atoms with van der Waals surface area (Å²) in [4.78, 5) is 4.08. The lowest BCUT2D eigenvalue weighted by Crippen LogP contribution is -2.32. The lowest BCUT2D eigenvalue weighted by molar-refractivity contribution is 0.161. The second kappa shape index (κ2) is 7.37. The van der Waals surface area contributed by atoms with E-state index in [4.69, 9.17) is 4.74 Å². The van der Waals surface area contributed by atoms with Crippen molar-refractivity contribution in [3.8, 4) is 0 Å². The fraction of sp³-hybridized carbons (Fsp3) is 0.583. The molecule has 1 atom stereocenters. The molecule has 0 radical (unpaired) electrons. The van der Waals surface area contributed by atoms with Gasteiger partial charge in [0.05, 0.1) is 6.61 Å². The Kier molecular flexibility index (Phi) is 5.97. The summed E-state index contributed by atoms with van der Waals surface area (Å²) in [6, 6.07) is 4.48. The minimum Gasteiger partial charge on any atom is -0.383 e. The van der Waals surface area contributed by atoms with Crippen LogP contribution in [0.5, 0.6) is 0 Å². The van der Waals surface area contributed by atoms with Gasteiger partial charge in [-0.15, -0.1) is 0 Å². The molecule has 1 rings (SSSR count). The third kappa shape index (κ3) is 4.91. The Morgan fingerprint density at radius 2 is 2.40 bits per heavy atom. The summed E-state index contributed by atoms with van der Waals surface area (Å²) >= 11 is 0. The maximum absolute atomic E-state index is 5.17. The lowest BCUT2D eigenvalue weighted by Gasteiger charge is -2.16. The number of rotatable bonds is 7. The number of pyridine rings is 1. The van der Waals surface area contributed by atoms with Crippen molar-refractivity contribution in [2.45, 2.75) is 32.4 Å². The molecule has 0 saturated carbocycles. The first-order valence-corrected chi connectivity index (χ1v) is 5.48. The quantitative estimate of drug-likeness (QED) is 0.744. The van der Waals surface area contributed by atoms with E-state index in [0.717, 1.165) is 19.6 Å². The zero-order chi connectivity index (χ0) is 10.9. The number of aromatic nitrogens is 1. The maximum atomic E-state index is 5.17. The number of hydrogen-bond donors (Lipinski definition) is 1. The Morgan fingerprint density at radius 3 is 3.00 bits per heavy atom. The molecular weight excluding hydrogens is 188 g/mol. The molecule has 0 amide bonds. The zero-order valence-corrected chi connectivity index (χ0v) is 9.57. The van der Waals surface area contributed by atoms with E-state index in [2.05, 4.69) is 23.3 Å². The van der Waals surface area contributed by atoms with Gasteiger partial charge in [-0.1, -0.05) is 19.4 Å². The first-order valence-electron chi connectivity index (χ1n) is 5.48. The molecular formula is C12H20N2O. The molecule has 15 heavy (non-hydrogen) atoms. The van der Waals surface area contributed by atoms with Gasteiger partial charge in [0, 0.05) is 32.1 Å². The largest absolute Gasteiger partial charge is 0.383 e. The first-order chi connectivity index (χ1) is 7.36. The fourth-order valence-electron chi connectivity index (χ4n) is 1.56. The van der Waals surface area contributed by atoms with Crippen LogP contribution in [0.15, 0.2) is 24.5 Å². The van der Waals surface area contributed by atoms with Crippen LogP contribution in [0.3, 0.4) is 0 Å². The molecule has 1 unspecified atom stereocenters. The molecule has 0 aliphatic heterocycles.